The molecular weight excluding hydrogens is 115 g/mol. The van der Waals surface area contributed by atoms with Crippen molar-refractivity contribution in [3.63, 3.8) is 0 Å². The topological polar surface area (TPSA) is 26.3 Å². The van der Waals surface area contributed by atoms with Gasteiger partial charge in [-0.15, -0.1) is 0 Å². The molecule has 0 heterocycles. The molecule has 0 aromatic carbocycles. The van der Waals surface area contributed by atoms with Crippen LogP contribution in [0.15, 0.2) is 0 Å². The van der Waals surface area contributed by atoms with E-state index in [9.17, 15) is 4.79 Å². The number of esters is 1. The van der Waals surface area contributed by atoms with Gasteiger partial charge in [-0.05, 0) is 13.8 Å². The van der Waals surface area contributed by atoms with Crippen molar-refractivity contribution in [1.82, 2.24) is 0 Å². The first-order valence-electron chi connectivity index (χ1n) is 2.30. The molecule has 0 aliphatic heterocycles. The average Bonchev–Trinajstić information content (AvgIpc) is 1.27. The summed E-state index contributed by atoms with van der Waals surface area (Å²) in [5.41, 5.74) is 0. The third-order valence-electron chi connectivity index (χ3n) is 0.402. The molecule has 0 saturated carbocycles. The molecule has 0 amide bonds. The van der Waals surface area contributed by atoms with Gasteiger partial charge in [0, 0.05) is 6.92 Å². The second-order valence-corrected chi connectivity index (χ2v) is 1.66. The molecule has 0 saturated heterocycles. The van der Waals surface area contributed by atoms with Crippen molar-refractivity contribution >= 4 is 5.97 Å². The van der Waals surface area contributed by atoms with Crippen molar-refractivity contribution in [2.45, 2.75) is 26.9 Å². The third-order valence-corrected chi connectivity index (χ3v) is 0.402. The van der Waals surface area contributed by atoms with Crippen LogP contribution >= 0.6 is 0 Å². The molecule has 44 valence electrons. The second-order valence-electron chi connectivity index (χ2n) is 1.66. The van der Waals surface area contributed by atoms with E-state index in [4.69, 9.17) is 0 Å². The summed E-state index contributed by atoms with van der Waals surface area (Å²) in [4.78, 5) is 10.0. The van der Waals surface area contributed by atoms with Crippen LogP contribution in [0.5, 0.6) is 0 Å². The first-order valence-corrected chi connectivity index (χ1v) is 2.30. The zero-order valence-electron chi connectivity index (χ0n) is 6.89. The van der Waals surface area contributed by atoms with Crippen molar-refractivity contribution in [3.8, 4) is 0 Å². The normalized spacial score (nSPS) is 8.00. The number of carbonyl (C=O) groups is 1. The molecular formula is C5H11NaO2. The molecule has 0 aromatic heterocycles. The van der Waals surface area contributed by atoms with E-state index in [-0.39, 0.29) is 43.1 Å². The monoisotopic (exact) mass is 126 g/mol. The summed E-state index contributed by atoms with van der Waals surface area (Å²) in [6.07, 6.45) is 0.0255. The van der Waals surface area contributed by atoms with E-state index in [0.717, 1.165) is 0 Å². The van der Waals surface area contributed by atoms with Gasteiger partial charge in [-0.3, -0.25) is 4.79 Å². The molecule has 0 N–H and O–H groups in total. The zero-order chi connectivity index (χ0) is 5.86. The van der Waals surface area contributed by atoms with Crippen LogP contribution < -0.4 is 29.6 Å². The fraction of sp³-hybridized carbons (Fsp3) is 0.800. The first-order chi connectivity index (χ1) is 3.13. The maximum atomic E-state index is 10.0. The smallest absolute Gasteiger partial charge is 1.00 e. The fourth-order valence-electron chi connectivity index (χ4n) is 0.332. The predicted molar refractivity (Wildman–Crippen MR) is 28.0 cm³/mol. The fourth-order valence-corrected chi connectivity index (χ4v) is 0.332. The van der Waals surface area contributed by atoms with Gasteiger partial charge in [0.05, 0.1) is 6.10 Å². The Kier molecular flexibility index (Phi) is 7.91. The van der Waals surface area contributed by atoms with Crippen LogP contribution in [-0.4, -0.2) is 12.1 Å². The molecule has 0 radical (unpaired) electrons. The molecule has 2 nitrogen and oxygen atoms in total. The minimum atomic E-state index is -0.213. The summed E-state index contributed by atoms with van der Waals surface area (Å²) in [5.74, 6) is -0.213. The number of hydrogen-bond acceptors (Lipinski definition) is 2. The summed E-state index contributed by atoms with van der Waals surface area (Å²) >= 11 is 0. The van der Waals surface area contributed by atoms with Crippen molar-refractivity contribution < 1.29 is 40.5 Å². The molecule has 0 bridgehead atoms. The quantitative estimate of drug-likeness (QED) is 0.302. The van der Waals surface area contributed by atoms with Crippen LogP contribution in [0.3, 0.4) is 0 Å². The minimum absolute atomic E-state index is 0. The summed E-state index contributed by atoms with van der Waals surface area (Å²) in [6, 6.07) is 0. The Labute approximate surface area is 73.4 Å². The van der Waals surface area contributed by atoms with Gasteiger partial charge in [0.15, 0.2) is 0 Å². The van der Waals surface area contributed by atoms with Gasteiger partial charge in [0.2, 0.25) is 0 Å². The number of carbonyl (C=O) groups excluding carboxylic acids is 1. The maximum Gasteiger partial charge on any atom is 1.00 e. The van der Waals surface area contributed by atoms with Crippen LogP contribution in [-0.2, 0) is 9.53 Å². The van der Waals surface area contributed by atoms with E-state index in [0.29, 0.717) is 0 Å². The minimum Gasteiger partial charge on any atom is -1.00 e. The van der Waals surface area contributed by atoms with Gasteiger partial charge in [0.1, 0.15) is 0 Å². The molecule has 0 atom stereocenters. The van der Waals surface area contributed by atoms with E-state index >= 15 is 0 Å². The molecule has 0 rings (SSSR count). The van der Waals surface area contributed by atoms with Crippen LogP contribution in [0.1, 0.15) is 22.2 Å². The van der Waals surface area contributed by atoms with Gasteiger partial charge in [0.25, 0.3) is 0 Å². The van der Waals surface area contributed by atoms with Gasteiger partial charge >= 0.3 is 35.5 Å². The molecule has 8 heavy (non-hydrogen) atoms. The molecule has 0 spiro atoms. The van der Waals surface area contributed by atoms with Crippen molar-refractivity contribution in [2.24, 2.45) is 0 Å². The second kappa shape index (κ2) is 5.60. The van der Waals surface area contributed by atoms with Crippen molar-refractivity contribution in [3.05, 3.63) is 0 Å². The molecule has 0 aliphatic rings. The molecule has 0 unspecified atom stereocenters. The van der Waals surface area contributed by atoms with Gasteiger partial charge in [-0.25, -0.2) is 0 Å². The molecule has 3 heteroatoms. The van der Waals surface area contributed by atoms with Crippen LogP contribution in [0, 0.1) is 0 Å². The average molecular weight is 126 g/mol. The van der Waals surface area contributed by atoms with Crippen molar-refractivity contribution in [2.75, 3.05) is 0 Å². The van der Waals surface area contributed by atoms with Crippen molar-refractivity contribution in [1.29, 1.82) is 0 Å². The SMILES string of the molecule is CC(=O)OC(C)C.[H-].[Na+]. The van der Waals surface area contributed by atoms with Crippen LogP contribution in [0.4, 0.5) is 0 Å². The summed E-state index contributed by atoms with van der Waals surface area (Å²) in [5, 5.41) is 0. The first kappa shape index (κ1) is 11.3. The molecule has 0 fully saturated rings. The Morgan fingerprint density at radius 2 is 2.00 bits per heavy atom. The maximum absolute atomic E-state index is 10.0. The summed E-state index contributed by atoms with van der Waals surface area (Å²) < 4.78 is 4.61. The zero-order valence-corrected chi connectivity index (χ0v) is 7.89. The van der Waals surface area contributed by atoms with Gasteiger partial charge in [-0.1, -0.05) is 0 Å². The van der Waals surface area contributed by atoms with Gasteiger partial charge < -0.3 is 6.16 Å². The molecule has 0 aliphatic carbocycles. The van der Waals surface area contributed by atoms with E-state index < -0.39 is 0 Å². The third kappa shape index (κ3) is 9.69. The van der Waals surface area contributed by atoms with E-state index in [1.807, 2.05) is 13.8 Å². The van der Waals surface area contributed by atoms with Gasteiger partial charge in [-0.2, -0.15) is 0 Å². The van der Waals surface area contributed by atoms with E-state index in [1.165, 1.54) is 6.92 Å². The van der Waals surface area contributed by atoms with E-state index in [1.54, 1.807) is 0 Å². The number of rotatable bonds is 1. The summed E-state index contributed by atoms with van der Waals surface area (Å²) in [6.45, 7) is 5.04. The largest absolute Gasteiger partial charge is 1.00 e. The molecule has 0 aromatic rings. The Hall–Kier alpha value is 0.470. The standard InChI is InChI=1S/C5H10O2.Na.H/c1-4(2)7-5(3)6;;/h4H,1-3H3;;/q;+1;-1. The summed E-state index contributed by atoms with van der Waals surface area (Å²) in [7, 11) is 0. The van der Waals surface area contributed by atoms with Crippen LogP contribution in [0.25, 0.3) is 0 Å². The number of ether oxygens (including phenoxy) is 1. The Balaban J connectivity index is -0.000000180. The Morgan fingerprint density at radius 1 is 1.62 bits per heavy atom. The predicted octanol–water partition coefficient (Wildman–Crippen LogP) is -1.93. The van der Waals surface area contributed by atoms with Crippen LogP contribution in [0.2, 0.25) is 0 Å². The number of hydrogen-bond donors (Lipinski definition) is 0. The van der Waals surface area contributed by atoms with E-state index in [2.05, 4.69) is 4.74 Å². The Morgan fingerprint density at radius 3 is 2.00 bits per heavy atom. The Bertz CT molecular complexity index is 75.4.